The zero-order valence-electron chi connectivity index (χ0n) is 7.50. The maximum Gasteiger partial charge on any atom is 0.204 e. The van der Waals surface area contributed by atoms with Gasteiger partial charge in [0.25, 0.3) is 0 Å². The summed E-state index contributed by atoms with van der Waals surface area (Å²) in [4.78, 5) is 0. The maximum atomic E-state index is 9.50. The van der Waals surface area contributed by atoms with Gasteiger partial charge in [-0.25, -0.2) is 0 Å². The molecule has 0 saturated heterocycles. The molecule has 4 heteroatoms. The van der Waals surface area contributed by atoms with Crippen molar-refractivity contribution in [3.8, 4) is 17.2 Å². The molecule has 0 aliphatic heterocycles. The summed E-state index contributed by atoms with van der Waals surface area (Å²) in [6, 6.07) is 3.20. The van der Waals surface area contributed by atoms with Crippen LogP contribution in [0.2, 0.25) is 5.02 Å². The standard InChI is InChI=1S/C9H11ClO3/c1-3-13-9-7(12-2)5-4-6(10)8(9)11/h4-5,11H,3H2,1-2H3. The van der Waals surface area contributed by atoms with E-state index in [0.717, 1.165) is 0 Å². The molecule has 0 spiro atoms. The van der Waals surface area contributed by atoms with E-state index in [-0.39, 0.29) is 16.5 Å². The molecule has 0 aliphatic carbocycles. The molecule has 0 heterocycles. The molecule has 0 bridgehead atoms. The molecule has 0 aromatic heterocycles. The second-order valence-corrected chi connectivity index (χ2v) is 2.77. The lowest BCUT2D eigenvalue weighted by Gasteiger charge is -2.11. The van der Waals surface area contributed by atoms with E-state index in [1.165, 1.54) is 7.11 Å². The first-order valence-corrected chi connectivity index (χ1v) is 4.26. The van der Waals surface area contributed by atoms with Gasteiger partial charge in [0.1, 0.15) is 0 Å². The molecule has 72 valence electrons. The van der Waals surface area contributed by atoms with E-state index < -0.39 is 0 Å². The summed E-state index contributed by atoms with van der Waals surface area (Å²) in [5.41, 5.74) is 0. The Hall–Kier alpha value is -1.09. The summed E-state index contributed by atoms with van der Waals surface area (Å²) in [6.45, 7) is 2.27. The van der Waals surface area contributed by atoms with Crippen molar-refractivity contribution in [2.24, 2.45) is 0 Å². The van der Waals surface area contributed by atoms with Gasteiger partial charge in [-0.2, -0.15) is 0 Å². The van der Waals surface area contributed by atoms with Gasteiger partial charge >= 0.3 is 0 Å². The van der Waals surface area contributed by atoms with Crippen LogP contribution in [0.25, 0.3) is 0 Å². The Morgan fingerprint density at radius 3 is 2.69 bits per heavy atom. The fourth-order valence-electron chi connectivity index (χ4n) is 0.973. The number of phenols is 1. The third-order valence-electron chi connectivity index (χ3n) is 1.55. The molecule has 0 unspecified atom stereocenters. The number of benzene rings is 1. The molecule has 1 aromatic carbocycles. The number of rotatable bonds is 3. The molecule has 0 atom stereocenters. The monoisotopic (exact) mass is 202 g/mol. The predicted molar refractivity (Wildman–Crippen MR) is 50.8 cm³/mol. The van der Waals surface area contributed by atoms with E-state index in [4.69, 9.17) is 21.1 Å². The van der Waals surface area contributed by atoms with Crippen molar-refractivity contribution in [2.45, 2.75) is 6.92 Å². The second-order valence-electron chi connectivity index (χ2n) is 2.36. The number of halogens is 1. The number of methoxy groups -OCH3 is 1. The molecule has 0 amide bonds. The molecule has 0 aliphatic rings. The van der Waals surface area contributed by atoms with Crippen LogP contribution >= 0.6 is 11.6 Å². The Balaban J connectivity index is 3.15. The molecule has 0 radical (unpaired) electrons. The topological polar surface area (TPSA) is 38.7 Å². The van der Waals surface area contributed by atoms with Crippen LogP contribution in [0.1, 0.15) is 6.92 Å². The van der Waals surface area contributed by atoms with Crippen molar-refractivity contribution in [3.63, 3.8) is 0 Å². The van der Waals surface area contributed by atoms with E-state index in [9.17, 15) is 5.11 Å². The van der Waals surface area contributed by atoms with Gasteiger partial charge in [0.15, 0.2) is 11.5 Å². The van der Waals surface area contributed by atoms with Gasteiger partial charge in [0, 0.05) is 0 Å². The fraction of sp³-hybridized carbons (Fsp3) is 0.333. The lowest BCUT2D eigenvalue weighted by Crippen LogP contribution is -1.95. The lowest BCUT2D eigenvalue weighted by molar-refractivity contribution is 0.293. The van der Waals surface area contributed by atoms with Crippen LogP contribution in [0.4, 0.5) is 0 Å². The van der Waals surface area contributed by atoms with Crippen LogP contribution in [-0.4, -0.2) is 18.8 Å². The Bertz CT molecular complexity index is 299. The highest BCUT2D eigenvalue weighted by molar-refractivity contribution is 6.32. The minimum absolute atomic E-state index is 0.0807. The van der Waals surface area contributed by atoms with Gasteiger partial charge in [-0.1, -0.05) is 11.6 Å². The van der Waals surface area contributed by atoms with E-state index in [0.29, 0.717) is 12.4 Å². The summed E-state index contributed by atoms with van der Waals surface area (Å²) in [5, 5.41) is 9.76. The second kappa shape index (κ2) is 4.23. The van der Waals surface area contributed by atoms with Gasteiger partial charge in [-0.3, -0.25) is 0 Å². The molecule has 1 N–H and O–H groups in total. The van der Waals surface area contributed by atoms with Crippen molar-refractivity contribution < 1.29 is 14.6 Å². The minimum Gasteiger partial charge on any atom is -0.503 e. The zero-order valence-corrected chi connectivity index (χ0v) is 8.26. The summed E-state index contributed by atoms with van der Waals surface area (Å²) in [6.07, 6.45) is 0. The summed E-state index contributed by atoms with van der Waals surface area (Å²) in [5.74, 6) is 0.684. The number of hydrogen-bond donors (Lipinski definition) is 1. The highest BCUT2D eigenvalue weighted by atomic mass is 35.5. The van der Waals surface area contributed by atoms with Crippen LogP contribution < -0.4 is 9.47 Å². The molecule has 0 fully saturated rings. The normalized spacial score (nSPS) is 9.77. The molecule has 1 aromatic rings. The highest BCUT2D eigenvalue weighted by Gasteiger charge is 2.12. The third-order valence-corrected chi connectivity index (χ3v) is 1.86. The molecule has 3 nitrogen and oxygen atoms in total. The van der Waals surface area contributed by atoms with Gasteiger partial charge in [0.05, 0.1) is 18.7 Å². The van der Waals surface area contributed by atoms with Crippen molar-refractivity contribution >= 4 is 11.6 Å². The van der Waals surface area contributed by atoms with Crippen molar-refractivity contribution in [2.75, 3.05) is 13.7 Å². The quantitative estimate of drug-likeness (QED) is 0.819. The number of phenolic OH excluding ortho intramolecular Hbond substituents is 1. The minimum atomic E-state index is -0.0807. The lowest BCUT2D eigenvalue weighted by atomic mass is 10.3. The summed E-state index contributed by atoms with van der Waals surface area (Å²) < 4.78 is 10.2. The summed E-state index contributed by atoms with van der Waals surface area (Å²) >= 11 is 5.69. The Labute approximate surface area is 81.9 Å². The zero-order chi connectivity index (χ0) is 9.84. The van der Waals surface area contributed by atoms with Crippen LogP contribution in [0.5, 0.6) is 17.2 Å². The Morgan fingerprint density at radius 2 is 2.15 bits per heavy atom. The Morgan fingerprint density at radius 1 is 1.46 bits per heavy atom. The van der Waals surface area contributed by atoms with E-state index in [1.54, 1.807) is 12.1 Å². The van der Waals surface area contributed by atoms with Crippen LogP contribution in [0.15, 0.2) is 12.1 Å². The molecule has 13 heavy (non-hydrogen) atoms. The van der Waals surface area contributed by atoms with Crippen LogP contribution in [-0.2, 0) is 0 Å². The largest absolute Gasteiger partial charge is 0.503 e. The van der Waals surface area contributed by atoms with E-state index in [2.05, 4.69) is 0 Å². The number of ether oxygens (including phenoxy) is 2. The average Bonchev–Trinajstić information content (AvgIpc) is 2.14. The third kappa shape index (κ3) is 1.98. The predicted octanol–water partition coefficient (Wildman–Crippen LogP) is 2.45. The number of aromatic hydroxyl groups is 1. The fourth-order valence-corrected chi connectivity index (χ4v) is 1.12. The van der Waals surface area contributed by atoms with E-state index in [1.807, 2.05) is 6.92 Å². The average molecular weight is 203 g/mol. The number of hydrogen-bond acceptors (Lipinski definition) is 3. The van der Waals surface area contributed by atoms with Crippen LogP contribution in [0.3, 0.4) is 0 Å². The molecule has 0 saturated carbocycles. The van der Waals surface area contributed by atoms with Gasteiger partial charge < -0.3 is 14.6 Å². The van der Waals surface area contributed by atoms with Crippen molar-refractivity contribution in [1.29, 1.82) is 0 Å². The Kier molecular flexibility index (Phi) is 3.25. The first-order valence-electron chi connectivity index (χ1n) is 3.89. The smallest absolute Gasteiger partial charge is 0.204 e. The molecule has 1 rings (SSSR count). The molecular formula is C9H11ClO3. The first-order chi connectivity index (χ1) is 6.20. The van der Waals surface area contributed by atoms with Crippen molar-refractivity contribution in [3.05, 3.63) is 17.2 Å². The maximum absolute atomic E-state index is 9.50. The van der Waals surface area contributed by atoms with Gasteiger partial charge in [0.2, 0.25) is 5.75 Å². The van der Waals surface area contributed by atoms with Crippen LogP contribution in [0, 0.1) is 0 Å². The van der Waals surface area contributed by atoms with Gasteiger partial charge in [-0.15, -0.1) is 0 Å². The van der Waals surface area contributed by atoms with Crippen molar-refractivity contribution in [1.82, 2.24) is 0 Å². The first kappa shape index (κ1) is 9.99. The van der Waals surface area contributed by atoms with Gasteiger partial charge in [-0.05, 0) is 19.1 Å². The highest BCUT2D eigenvalue weighted by Crippen LogP contribution is 2.41. The SMILES string of the molecule is CCOc1c(OC)ccc(Cl)c1O. The summed E-state index contributed by atoms with van der Waals surface area (Å²) in [7, 11) is 1.51. The van der Waals surface area contributed by atoms with E-state index >= 15 is 0 Å². The molecular weight excluding hydrogens is 192 g/mol.